The quantitative estimate of drug-likeness (QED) is 0.417. The van der Waals surface area contributed by atoms with Crippen molar-refractivity contribution in [3.63, 3.8) is 0 Å². The highest BCUT2D eigenvalue weighted by molar-refractivity contribution is 5.98. The number of anilines is 1. The summed E-state index contributed by atoms with van der Waals surface area (Å²) in [5, 5.41) is 2.37. The summed E-state index contributed by atoms with van der Waals surface area (Å²) in [4.78, 5) is 14.1. The van der Waals surface area contributed by atoms with E-state index in [1.807, 2.05) is 44.4 Å². The van der Waals surface area contributed by atoms with E-state index in [2.05, 4.69) is 59.5 Å². The molecular weight excluding hydrogens is 330 g/mol. The highest BCUT2D eigenvalue weighted by Gasteiger charge is 2.12. The molecule has 0 saturated carbocycles. The van der Waals surface area contributed by atoms with E-state index in [1.165, 1.54) is 10.8 Å². The molecule has 0 spiro atoms. The van der Waals surface area contributed by atoms with E-state index in [0.29, 0.717) is 0 Å². The van der Waals surface area contributed by atoms with Crippen molar-refractivity contribution in [3.8, 4) is 22.3 Å². The summed E-state index contributed by atoms with van der Waals surface area (Å²) in [7, 11) is 4.04. The van der Waals surface area contributed by atoms with Crippen LogP contribution in [0.2, 0.25) is 0 Å². The van der Waals surface area contributed by atoms with Gasteiger partial charge in [0.2, 0.25) is 0 Å². The van der Waals surface area contributed by atoms with E-state index in [-0.39, 0.29) is 0 Å². The number of fused-ring (bicyclic) bond motifs is 1. The Balaban J connectivity index is 1.84. The summed E-state index contributed by atoms with van der Waals surface area (Å²) < 4.78 is 0. The van der Waals surface area contributed by atoms with E-state index in [1.54, 1.807) is 0 Å². The highest BCUT2D eigenvalue weighted by atomic mass is 16.1. The number of aldehydes is 1. The first-order valence-corrected chi connectivity index (χ1v) is 9.02. The van der Waals surface area contributed by atoms with E-state index in [0.717, 1.165) is 39.8 Å². The smallest absolute Gasteiger partial charge is 0.151 e. The normalized spacial score (nSPS) is 10.7. The summed E-state index contributed by atoms with van der Waals surface area (Å²) in [5.41, 5.74) is 5.89. The van der Waals surface area contributed by atoms with Gasteiger partial charge in [0, 0.05) is 25.3 Å². The Morgan fingerprint density at radius 3 is 1.96 bits per heavy atom. The average molecular weight is 351 g/mol. The van der Waals surface area contributed by atoms with Gasteiger partial charge in [0.15, 0.2) is 6.29 Å². The molecule has 0 atom stereocenters. The fourth-order valence-electron chi connectivity index (χ4n) is 3.49. The first-order chi connectivity index (χ1) is 13.2. The summed E-state index contributed by atoms with van der Waals surface area (Å²) in [5.74, 6) is 0. The van der Waals surface area contributed by atoms with Crippen LogP contribution in [0.1, 0.15) is 10.4 Å². The SMILES string of the molecule is CN(C)c1ccc(-c2cccc(-c3ccc4ccccc4c3)c2C=O)cc1. The summed E-state index contributed by atoms with van der Waals surface area (Å²) >= 11 is 0. The van der Waals surface area contributed by atoms with Crippen molar-refractivity contribution >= 4 is 22.7 Å². The molecule has 27 heavy (non-hydrogen) atoms. The molecule has 0 radical (unpaired) electrons. The van der Waals surface area contributed by atoms with Crippen molar-refractivity contribution in [1.29, 1.82) is 0 Å². The van der Waals surface area contributed by atoms with Crippen LogP contribution in [0, 0.1) is 0 Å². The molecule has 0 aliphatic heterocycles. The van der Waals surface area contributed by atoms with Crippen molar-refractivity contribution in [2.45, 2.75) is 0 Å². The Labute approximate surface area is 159 Å². The lowest BCUT2D eigenvalue weighted by Crippen LogP contribution is -2.07. The van der Waals surface area contributed by atoms with Crippen LogP contribution >= 0.6 is 0 Å². The van der Waals surface area contributed by atoms with Crippen molar-refractivity contribution in [2.75, 3.05) is 19.0 Å². The number of hydrogen-bond acceptors (Lipinski definition) is 2. The number of benzene rings is 4. The van der Waals surface area contributed by atoms with Crippen LogP contribution in [0.5, 0.6) is 0 Å². The molecule has 4 rings (SSSR count). The molecule has 0 amide bonds. The Morgan fingerprint density at radius 2 is 1.30 bits per heavy atom. The standard InChI is InChI=1S/C25H21NO/c1-26(2)22-14-12-19(13-15-22)23-8-5-9-24(25(23)17-27)21-11-10-18-6-3-4-7-20(18)16-21/h3-17H,1-2H3. The second-order valence-electron chi connectivity index (χ2n) is 6.89. The molecule has 0 saturated heterocycles. The monoisotopic (exact) mass is 351 g/mol. The maximum atomic E-state index is 12.0. The third kappa shape index (κ3) is 3.22. The molecule has 2 nitrogen and oxygen atoms in total. The van der Waals surface area contributed by atoms with E-state index < -0.39 is 0 Å². The molecule has 0 fully saturated rings. The van der Waals surface area contributed by atoms with E-state index in [4.69, 9.17) is 0 Å². The van der Waals surface area contributed by atoms with E-state index in [9.17, 15) is 4.79 Å². The third-order valence-electron chi connectivity index (χ3n) is 4.98. The van der Waals surface area contributed by atoms with Gasteiger partial charge in [0.1, 0.15) is 0 Å². The van der Waals surface area contributed by atoms with Crippen molar-refractivity contribution in [2.24, 2.45) is 0 Å². The molecular formula is C25H21NO. The average Bonchev–Trinajstić information content (AvgIpc) is 2.72. The molecule has 0 heterocycles. The molecule has 0 aliphatic carbocycles. The van der Waals surface area contributed by atoms with Crippen molar-refractivity contribution in [3.05, 3.63) is 90.5 Å². The summed E-state index contributed by atoms with van der Waals surface area (Å²) in [6, 6.07) is 29.0. The minimum Gasteiger partial charge on any atom is -0.378 e. The maximum absolute atomic E-state index is 12.0. The van der Waals surface area contributed by atoms with Crippen molar-refractivity contribution < 1.29 is 4.79 Å². The predicted octanol–water partition coefficient (Wildman–Crippen LogP) is 6.05. The Morgan fingerprint density at radius 1 is 0.667 bits per heavy atom. The van der Waals surface area contributed by atoms with Gasteiger partial charge in [-0.2, -0.15) is 0 Å². The molecule has 4 aromatic rings. The molecule has 0 aliphatic rings. The third-order valence-corrected chi connectivity index (χ3v) is 4.98. The Hall–Kier alpha value is -3.39. The molecule has 4 aromatic carbocycles. The Bertz CT molecular complexity index is 1110. The van der Waals surface area contributed by atoms with Gasteiger partial charge in [-0.3, -0.25) is 4.79 Å². The molecule has 0 aromatic heterocycles. The lowest BCUT2D eigenvalue weighted by molar-refractivity contribution is 0.112. The molecule has 132 valence electrons. The number of hydrogen-bond donors (Lipinski definition) is 0. The second-order valence-corrected chi connectivity index (χ2v) is 6.89. The summed E-state index contributed by atoms with van der Waals surface area (Å²) in [6.07, 6.45) is 0.972. The zero-order valence-corrected chi connectivity index (χ0v) is 15.5. The van der Waals surface area contributed by atoms with Gasteiger partial charge in [-0.25, -0.2) is 0 Å². The van der Waals surface area contributed by atoms with Crippen LogP contribution in [-0.4, -0.2) is 20.4 Å². The van der Waals surface area contributed by atoms with Gasteiger partial charge in [-0.05, 0) is 51.2 Å². The first kappa shape index (κ1) is 17.0. The van der Waals surface area contributed by atoms with Gasteiger partial charge >= 0.3 is 0 Å². The zero-order valence-electron chi connectivity index (χ0n) is 15.5. The second kappa shape index (κ2) is 7.08. The van der Waals surface area contributed by atoms with Crippen LogP contribution < -0.4 is 4.90 Å². The molecule has 2 heteroatoms. The summed E-state index contributed by atoms with van der Waals surface area (Å²) in [6.45, 7) is 0. The van der Waals surface area contributed by atoms with Gasteiger partial charge in [-0.15, -0.1) is 0 Å². The number of nitrogens with zero attached hydrogens (tertiary/aromatic N) is 1. The largest absolute Gasteiger partial charge is 0.378 e. The van der Waals surface area contributed by atoms with Crippen LogP contribution in [0.4, 0.5) is 5.69 Å². The zero-order chi connectivity index (χ0) is 18.8. The van der Waals surface area contributed by atoms with E-state index >= 15 is 0 Å². The molecule has 0 bridgehead atoms. The highest BCUT2D eigenvalue weighted by Crippen LogP contribution is 2.33. The number of rotatable bonds is 4. The van der Waals surface area contributed by atoms with Crippen molar-refractivity contribution in [1.82, 2.24) is 0 Å². The van der Waals surface area contributed by atoms with Crippen LogP contribution in [0.25, 0.3) is 33.0 Å². The Kier molecular flexibility index (Phi) is 4.47. The number of carbonyl (C=O) groups excluding carboxylic acids is 1. The minimum atomic E-state index is 0.727. The van der Waals surface area contributed by atoms with Gasteiger partial charge in [-0.1, -0.05) is 66.7 Å². The van der Waals surface area contributed by atoms with Crippen LogP contribution in [0.3, 0.4) is 0 Å². The lowest BCUT2D eigenvalue weighted by atomic mass is 9.91. The fraction of sp³-hybridized carbons (Fsp3) is 0.0800. The van der Waals surface area contributed by atoms with Gasteiger partial charge < -0.3 is 4.90 Å². The van der Waals surface area contributed by atoms with Gasteiger partial charge in [0.25, 0.3) is 0 Å². The molecule has 0 N–H and O–H groups in total. The predicted molar refractivity (Wildman–Crippen MR) is 115 cm³/mol. The van der Waals surface area contributed by atoms with Crippen LogP contribution in [0.15, 0.2) is 84.9 Å². The van der Waals surface area contributed by atoms with Gasteiger partial charge in [0.05, 0.1) is 0 Å². The lowest BCUT2D eigenvalue weighted by Gasteiger charge is -2.15. The number of carbonyl (C=O) groups is 1. The first-order valence-electron chi connectivity index (χ1n) is 9.02. The fourth-order valence-corrected chi connectivity index (χ4v) is 3.49. The maximum Gasteiger partial charge on any atom is 0.151 e. The topological polar surface area (TPSA) is 20.3 Å². The minimum absolute atomic E-state index is 0.727. The van der Waals surface area contributed by atoms with Crippen LogP contribution in [-0.2, 0) is 0 Å². The molecule has 0 unspecified atom stereocenters.